The number of hydrogen-bond acceptors (Lipinski definition) is 4. The van der Waals surface area contributed by atoms with Crippen molar-refractivity contribution in [2.75, 3.05) is 5.73 Å². The van der Waals surface area contributed by atoms with Gasteiger partial charge in [-0.25, -0.2) is 0 Å². The maximum atomic E-state index is 8.67. The van der Waals surface area contributed by atoms with Gasteiger partial charge in [0.15, 0.2) is 0 Å². The first-order valence-electron chi connectivity index (χ1n) is 4.10. The van der Waals surface area contributed by atoms with Crippen LogP contribution in [0.2, 0.25) is 0 Å². The zero-order valence-corrected chi connectivity index (χ0v) is 9.03. The topological polar surface area (TPSA) is 49.8 Å². The maximum Gasteiger partial charge on any atom is 0.0912 e. The van der Waals surface area contributed by atoms with E-state index in [4.69, 9.17) is 11.0 Å². The van der Waals surface area contributed by atoms with Crippen molar-refractivity contribution in [2.45, 2.75) is 11.3 Å². The van der Waals surface area contributed by atoms with Crippen molar-refractivity contribution in [1.82, 2.24) is 0 Å². The third-order valence-electron chi connectivity index (χ3n) is 2.08. The molecule has 2 rings (SSSR count). The summed E-state index contributed by atoms with van der Waals surface area (Å²) in [4.78, 5) is 0.920. The molecule has 1 aromatic carbocycles. The van der Waals surface area contributed by atoms with E-state index in [0.717, 1.165) is 25.5 Å². The predicted molar refractivity (Wildman–Crippen MR) is 62.8 cm³/mol. The Bertz CT molecular complexity index is 523. The number of rotatable bonds is 1. The average Bonchev–Trinajstić information content (AvgIpc) is 2.47. The van der Waals surface area contributed by atoms with E-state index in [1.165, 1.54) is 11.3 Å². The van der Waals surface area contributed by atoms with Gasteiger partial charge in [0.25, 0.3) is 0 Å². The van der Waals surface area contributed by atoms with Crippen molar-refractivity contribution in [2.24, 2.45) is 0 Å². The number of thiophene rings is 1. The van der Waals surface area contributed by atoms with Crippen molar-refractivity contribution in [3.63, 3.8) is 0 Å². The second-order valence-corrected chi connectivity index (χ2v) is 4.47. The smallest absolute Gasteiger partial charge is 0.0912 e. The molecule has 0 amide bonds. The lowest BCUT2D eigenvalue weighted by Crippen LogP contribution is -1.86. The monoisotopic (exact) mass is 220 g/mol. The third-order valence-corrected chi connectivity index (χ3v) is 3.72. The molecule has 0 aliphatic carbocycles. The molecule has 2 N–H and O–H groups in total. The van der Waals surface area contributed by atoms with Gasteiger partial charge < -0.3 is 5.73 Å². The van der Waals surface area contributed by atoms with Gasteiger partial charge in [0.2, 0.25) is 0 Å². The van der Waals surface area contributed by atoms with Gasteiger partial charge in [0.05, 0.1) is 22.2 Å². The summed E-state index contributed by atoms with van der Waals surface area (Å²) in [6.07, 6.45) is 0.364. The third kappa shape index (κ3) is 1.35. The fourth-order valence-electron chi connectivity index (χ4n) is 1.44. The van der Waals surface area contributed by atoms with Gasteiger partial charge in [-0.2, -0.15) is 5.26 Å². The molecule has 0 atom stereocenters. The van der Waals surface area contributed by atoms with Crippen LogP contribution in [-0.2, 0) is 6.42 Å². The first kappa shape index (κ1) is 9.38. The molecule has 1 heterocycles. The van der Waals surface area contributed by atoms with Gasteiger partial charge in [0, 0.05) is 10.5 Å². The number of nitrogen functional groups attached to an aromatic ring is 1. The summed E-state index contributed by atoms with van der Waals surface area (Å²) in [7, 11) is 0. The van der Waals surface area contributed by atoms with E-state index in [1.54, 1.807) is 0 Å². The Hall–Kier alpha value is -1.18. The number of nitrogens with two attached hydrogens (primary N) is 1. The zero-order valence-electron chi connectivity index (χ0n) is 7.32. The lowest BCUT2D eigenvalue weighted by Gasteiger charge is -1.95. The number of nitriles is 1. The van der Waals surface area contributed by atoms with Crippen LogP contribution in [-0.4, -0.2) is 0 Å². The Kier molecular flexibility index (Phi) is 2.36. The van der Waals surface area contributed by atoms with Crippen LogP contribution in [0.5, 0.6) is 0 Å². The minimum atomic E-state index is 0.364. The Labute approximate surface area is 91.4 Å². The van der Waals surface area contributed by atoms with Gasteiger partial charge in [-0.05, 0) is 11.5 Å². The van der Waals surface area contributed by atoms with E-state index in [2.05, 4.69) is 18.7 Å². The van der Waals surface area contributed by atoms with Crippen molar-refractivity contribution in [3.8, 4) is 6.07 Å². The molecule has 0 aliphatic rings. The molecule has 0 saturated heterocycles. The molecule has 2 aromatic rings. The number of hydrogen-bond donors (Lipinski definition) is 2. The summed E-state index contributed by atoms with van der Waals surface area (Å²) < 4.78 is 1.07. The fourth-order valence-corrected chi connectivity index (χ4v) is 2.78. The van der Waals surface area contributed by atoms with E-state index in [9.17, 15) is 0 Å². The van der Waals surface area contributed by atoms with E-state index >= 15 is 0 Å². The second kappa shape index (κ2) is 3.52. The van der Waals surface area contributed by atoms with Gasteiger partial charge in [-0.15, -0.1) is 24.0 Å². The molecule has 70 valence electrons. The van der Waals surface area contributed by atoms with Crippen LogP contribution < -0.4 is 5.73 Å². The molecule has 2 nitrogen and oxygen atoms in total. The summed E-state index contributed by atoms with van der Waals surface area (Å²) in [5.74, 6) is 0. The van der Waals surface area contributed by atoms with Crippen LogP contribution in [0.1, 0.15) is 5.56 Å². The average molecular weight is 220 g/mol. The van der Waals surface area contributed by atoms with Crippen molar-refractivity contribution in [3.05, 3.63) is 23.8 Å². The van der Waals surface area contributed by atoms with Crippen molar-refractivity contribution < 1.29 is 0 Å². The summed E-state index contributed by atoms with van der Waals surface area (Å²) >= 11 is 5.85. The van der Waals surface area contributed by atoms with Crippen LogP contribution in [0, 0.1) is 11.3 Å². The molecule has 14 heavy (non-hydrogen) atoms. The lowest BCUT2D eigenvalue weighted by atomic mass is 10.1. The Morgan fingerprint density at radius 1 is 1.50 bits per heavy atom. The molecule has 0 spiro atoms. The van der Waals surface area contributed by atoms with Crippen LogP contribution in [0.15, 0.2) is 23.1 Å². The van der Waals surface area contributed by atoms with E-state index in [1.807, 2.05) is 18.2 Å². The molecular formula is C10H8N2S2. The van der Waals surface area contributed by atoms with E-state index < -0.39 is 0 Å². The highest BCUT2D eigenvalue weighted by Crippen LogP contribution is 2.37. The Morgan fingerprint density at radius 2 is 2.29 bits per heavy atom. The molecule has 4 heteroatoms. The maximum absolute atomic E-state index is 8.67. The summed E-state index contributed by atoms with van der Waals surface area (Å²) in [5.41, 5.74) is 6.78. The predicted octanol–water partition coefficient (Wildman–Crippen LogP) is 2.84. The van der Waals surface area contributed by atoms with Crippen LogP contribution in [0.25, 0.3) is 10.1 Å². The molecule has 0 fully saturated rings. The van der Waals surface area contributed by atoms with Crippen LogP contribution in [0.3, 0.4) is 0 Å². The number of anilines is 1. The van der Waals surface area contributed by atoms with Gasteiger partial charge >= 0.3 is 0 Å². The second-order valence-electron chi connectivity index (χ2n) is 2.93. The first-order chi connectivity index (χ1) is 6.74. The number of thiol groups is 1. The standard InChI is InChI=1S/C10H8N2S2/c11-5-4-7-6-2-1-3-8(13)9(6)14-10(7)12/h1-3,13H,4,12H2. The Balaban J connectivity index is 2.78. The summed E-state index contributed by atoms with van der Waals surface area (Å²) in [5, 5.41) is 10.5. The summed E-state index contributed by atoms with van der Waals surface area (Å²) in [6, 6.07) is 7.96. The molecule has 0 bridgehead atoms. The van der Waals surface area contributed by atoms with Gasteiger partial charge in [-0.3, -0.25) is 0 Å². The largest absolute Gasteiger partial charge is 0.390 e. The Morgan fingerprint density at radius 3 is 3.00 bits per heavy atom. The van der Waals surface area contributed by atoms with Gasteiger partial charge in [-0.1, -0.05) is 12.1 Å². The highest BCUT2D eigenvalue weighted by atomic mass is 32.1. The molecule has 0 saturated carbocycles. The van der Waals surface area contributed by atoms with Crippen LogP contribution in [0.4, 0.5) is 5.00 Å². The van der Waals surface area contributed by atoms with Crippen molar-refractivity contribution in [1.29, 1.82) is 5.26 Å². The number of benzene rings is 1. The van der Waals surface area contributed by atoms with Crippen molar-refractivity contribution >= 4 is 39.1 Å². The molecule has 1 aromatic heterocycles. The minimum absolute atomic E-state index is 0.364. The lowest BCUT2D eigenvalue weighted by molar-refractivity contribution is 1.30. The highest BCUT2D eigenvalue weighted by molar-refractivity contribution is 7.80. The van der Waals surface area contributed by atoms with Crippen LogP contribution >= 0.6 is 24.0 Å². The van der Waals surface area contributed by atoms with E-state index in [-0.39, 0.29) is 0 Å². The number of fused-ring (bicyclic) bond motifs is 1. The summed E-state index contributed by atoms with van der Waals surface area (Å²) in [6.45, 7) is 0. The first-order valence-corrected chi connectivity index (χ1v) is 5.36. The number of nitrogens with zero attached hydrogens (tertiary/aromatic N) is 1. The van der Waals surface area contributed by atoms with E-state index in [0.29, 0.717) is 6.42 Å². The minimum Gasteiger partial charge on any atom is -0.390 e. The SMILES string of the molecule is N#CCc1c(N)sc2c(S)cccc12. The molecule has 0 radical (unpaired) electrons. The van der Waals surface area contributed by atoms with Gasteiger partial charge in [0.1, 0.15) is 0 Å². The normalized spacial score (nSPS) is 10.3. The fraction of sp³-hybridized carbons (Fsp3) is 0.100. The molecular weight excluding hydrogens is 212 g/mol. The highest BCUT2D eigenvalue weighted by Gasteiger charge is 2.10. The molecule has 0 unspecified atom stereocenters. The molecule has 0 aliphatic heterocycles. The quantitative estimate of drug-likeness (QED) is 0.726. The zero-order chi connectivity index (χ0) is 10.1.